The minimum absolute atomic E-state index is 0.151. The highest BCUT2D eigenvalue weighted by Gasteiger charge is 2.28. The van der Waals surface area contributed by atoms with E-state index in [2.05, 4.69) is 43.4 Å². The first-order chi connectivity index (χ1) is 15.1. The van der Waals surface area contributed by atoms with E-state index in [1.54, 1.807) is 17.7 Å². The Bertz CT molecular complexity index is 1110. The number of nitrogens with one attached hydrogen (secondary N) is 1. The summed E-state index contributed by atoms with van der Waals surface area (Å²) in [7, 11) is 0. The lowest BCUT2D eigenvalue weighted by molar-refractivity contribution is 0.0766. The van der Waals surface area contributed by atoms with Crippen molar-refractivity contribution in [3.8, 4) is 0 Å². The standard InChI is InChI=1S/C25H31N3O2S/c1-16(2)30-11-5-10-26-19-8-9-21-22(14-19)31-24-23(21)25(29)28(15-27-24)20-12-17-6-3-4-7-18(17)13-20/h3-4,6-7,15-16,19-20,26H,5,8-14H2,1-2H3. The fraction of sp³-hybridized carbons (Fsp3) is 0.520. The zero-order valence-electron chi connectivity index (χ0n) is 18.4. The molecule has 0 bridgehead atoms. The Balaban J connectivity index is 1.31. The second-order valence-electron chi connectivity index (χ2n) is 9.14. The van der Waals surface area contributed by atoms with Crippen LogP contribution in [0.25, 0.3) is 10.2 Å². The van der Waals surface area contributed by atoms with Crippen LogP contribution in [0.2, 0.25) is 0 Å². The van der Waals surface area contributed by atoms with Gasteiger partial charge >= 0.3 is 0 Å². The van der Waals surface area contributed by atoms with Gasteiger partial charge in [0.05, 0.1) is 17.8 Å². The molecule has 0 spiro atoms. The lowest BCUT2D eigenvalue weighted by atomic mass is 9.93. The van der Waals surface area contributed by atoms with Crippen LogP contribution in [0.4, 0.5) is 0 Å². The van der Waals surface area contributed by atoms with Gasteiger partial charge in [-0.05, 0) is 75.6 Å². The fourth-order valence-electron chi connectivity index (χ4n) is 5.04. The Morgan fingerprint density at radius 3 is 2.74 bits per heavy atom. The van der Waals surface area contributed by atoms with E-state index in [9.17, 15) is 4.79 Å². The summed E-state index contributed by atoms with van der Waals surface area (Å²) in [4.78, 5) is 20.5. The van der Waals surface area contributed by atoms with Crippen molar-refractivity contribution in [1.29, 1.82) is 0 Å². The Kier molecular flexibility index (Phi) is 5.95. The van der Waals surface area contributed by atoms with Gasteiger partial charge in [0, 0.05) is 23.6 Å². The molecule has 6 heteroatoms. The van der Waals surface area contributed by atoms with Crippen molar-refractivity contribution in [2.24, 2.45) is 0 Å². The molecule has 3 aromatic rings. The van der Waals surface area contributed by atoms with E-state index in [1.807, 2.05) is 4.57 Å². The van der Waals surface area contributed by atoms with E-state index in [4.69, 9.17) is 9.72 Å². The molecule has 2 aliphatic carbocycles. The second kappa shape index (κ2) is 8.85. The molecule has 1 atom stereocenters. The molecular formula is C25H31N3O2S. The van der Waals surface area contributed by atoms with Crippen LogP contribution >= 0.6 is 11.3 Å². The van der Waals surface area contributed by atoms with Gasteiger partial charge in [0.15, 0.2) is 0 Å². The van der Waals surface area contributed by atoms with Gasteiger partial charge in [-0.25, -0.2) is 4.98 Å². The summed E-state index contributed by atoms with van der Waals surface area (Å²) in [5.74, 6) is 0. The van der Waals surface area contributed by atoms with E-state index in [0.29, 0.717) is 12.1 Å². The van der Waals surface area contributed by atoms with Crippen LogP contribution < -0.4 is 10.9 Å². The van der Waals surface area contributed by atoms with Crippen LogP contribution in [-0.2, 0) is 30.4 Å². The van der Waals surface area contributed by atoms with Crippen molar-refractivity contribution in [3.05, 3.63) is 62.5 Å². The number of thiophene rings is 1. The van der Waals surface area contributed by atoms with Crippen molar-refractivity contribution in [2.75, 3.05) is 13.2 Å². The molecule has 0 saturated heterocycles. The van der Waals surface area contributed by atoms with Gasteiger partial charge in [-0.2, -0.15) is 0 Å². The van der Waals surface area contributed by atoms with Gasteiger partial charge in [0.1, 0.15) is 4.83 Å². The van der Waals surface area contributed by atoms with Gasteiger partial charge < -0.3 is 10.1 Å². The molecule has 2 aliphatic rings. The first-order valence-corrected chi connectivity index (χ1v) is 12.3. The molecule has 1 N–H and O–H groups in total. The minimum Gasteiger partial charge on any atom is -0.379 e. The molecular weight excluding hydrogens is 406 g/mol. The molecule has 0 saturated carbocycles. The number of hydrogen-bond donors (Lipinski definition) is 1. The van der Waals surface area contributed by atoms with Gasteiger partial charge in [-0.1, -0.05) is 24.3 Å². The van der Waals surface area contributed by atoms with Crippen molar-refractivity contribution in [1.82, 2.24) is 14.9 Å². The van der Waals surface area contributed by atoms with E-state index >= 15 is 0 Å². The van der Waals surface area contributed by atoms with E-state index in [1.165, 1.54) is 21.6 Å². The zero-order chi connectivity index (χ0) is 21.4. The minimum atomic E-state index is 0.151. The normalized spacial score (nSPS) is 18.6. The molecule has 0 radical (unpaired) electrons. The molecule has 5 rings (SSSR count). The third kappa shape index (κ3) is 4.21. The molecule has 2 aromatic heterocycles. The van der Waals surface area contributed by atoms with Gasteiger partial charge in [0.2, 0.25) is 0 Å². The maximum absolute atomic E-state index is 13.5. The maximum atomic E-state index is 13.5. The first kappa shape index (κ1) is 20.9. The van der Waals surface area contributed by atoms with Crippen molar-refractivity contribution in [2.45, 2.75) is 70.6 Å². The molecule has 2 heterocycles. The van der Waals surface area contributed by atoms with Crippen molar-refractivity contribution < 1.29 is 4.74 Å². The highest BCUT2D eigenvalue weighted by atomic mass is 32.1. The Hall–Kier alpha value is -2.02. The highest BCUT2D eigenvalue weighted by molar-refractivity contribution is 7.18. The molecule has 164 valence electrons. The summed E-state index contributed by atoms with van der Waals surface area (Å²) in [6.07, 6.45) is 7.98. The first-order valence-electron chi connectivity index (χ1n) is 11.5. The highest BCUT2D eigenvalue weighted by Crippen LogP contribution is 2.35. The van der Waals surface area contributed by atoms with Crippen LogP contribution in [0.15, 0.2) is 35.4 Å². The quantitative estimate of drug-likeness (QED) is 0.567. The predicted molar refractivity (Wildman–Crippen MR) is 126 cm³/mol. The number of aromatic nitrogens is 2. The molecule has 0 fully saturated rings. The third-order valence-electron chi connectivity index (χ3n) is 6.62. The summed E-state index contributed by atoms with van der Waals surface area (Å²) in [5.41, 5.74) is 4.13. The second-order valence-corrected chi connectivity index (χ2v) is 10.2. The lowest BCUT2D eigenvalue weighted by Crippen LogP contribution is -2.35. The number of rotatable bonds is 7. The monoisotopic (exact) mass is 437 g/mol. The van der Waals surface area contributed by atoms with Crippen LogP contribution in [0.5, 0.6) is 0 Å². The number of benzene rings is 1. The average molecular weight is 438 g/mol. The zero-order valence-corrected chi connectivity index (χ0v) is 19.2. The van der Waals surface area contributed by atoms with Crippen LogP contribution in [0.1, 0.15) is 54.3 Å². The van der Waals surface area contributed by atoms with Crippen molar-refractivity contribution >= 4 is 21.6 Å². The third-order valence-corrected chi connectivity index (χ3v) is 7.78. The SMILES string of the molecule is CC(C)OCCCNC1CCc2c(sc3ncn(C4Cc5ccccc5C4)c(=O)c23)C1. The number of fused-ring (bicyclic) bond motifs is 4. The van der Waals surface area contributed by atoms with Crippen molar-refractivity contribution in [3.63, 3.8) is 0 Å². The molecule has 1 unspecified atom stereocenters. The van der Waals surface area contributed by atoms with Crippen LogP contribution in [-0.4, -0.2) is 34.8 Å². The fourth-order valence-corrected chi connectivity index (χ4v) is 6.30. The van der Waals surface area contributed by atoms with E-state index in [0.717, 1.165) is 61.9 Å². The van der Waals surface area contributed by atoms with Crippen LogP contribution in [0.3, 0.4) is 0 Å². The maximum Gasteiger partial charge on any atom is 0.262 e. The molecule has 31 heavy (non-hydrogen) atoms. The predicted octanol–water partition coefficient (Wildman–Crippen LogP) is 4.06. The summed E-state index contributed by atoms with van der Waals surface area (Å²) in [5, 5.41) is 4.56. The molecule has 1 aromatic carbocycles. The molecule has 0 aliphatic heterocycles. The topological polar surface area (TPSA) is 56.1 Å². The van der Waals surface area contributed by atoms with Gasteiger partial charge in [0.25, 0.3) is 5.56 Å². The molecule has 5 nitrogen and oxygen atoms in total. The van der Waals surface area contributed by atoms with E-state index in [-0.39, 0.29) is 11.6 Å². The smallest absolute Gasteiger partial charge is 0.262 e. The number of aryl methyl sites for hydroxylation is 1. The summed E-state index contributed by atoms with van der Waals surface area (Å²) in [6, 6.07) is 9.20. The lowest BCUT2D eigenvalue weighted by Gasteiger charge is -2.23. The summed E-state index contributed by atoms with van der Waals surface area (Å²) >= 11 is 1.71. The van der Waals surface area contributed by atoms with E-state index < -0.39 is 0 Å². The molecule has 0 amide bonds. The van der Waals surface area contributed by atoms with Crippen LogP contribution in [0, 0.1) is 0 Å². The largest absolute Gasteiger partial charge is 0.379 e. The Morgan fingerprint density at radius 1 is 1.23 bits per heavy atom. The van der Waals surface area contributed by atoms with Gasteiger partial charge in [-0.3, -0.25) is 9.36 Å². The number of hydrogen-bond acceptors (Lipinski definition) is 5. The Labute approximate surface area is 187 Å². The number of nitrogens with zero attached hydrogens (tertiary/aromatic N) is 2. The number of ether oxygens (including phenoxy) is 1. The average Bonchev–Trinajstić information content (AvgIpc) is 3.34. The van der Waals surface area contributed by atoms with Gasteiger partial charge in [-0.15, -0.1) is 11.3 Å². The summed E-state index contributed by atoms with van der Waals surface area (Å²) in [6.45, 7) is 5.93. The summed E-state index contributed by atoms with van der Waals surface area (Å²) < 4.78 is 7.53. The Morgan fingerprint density at radius 2 is 2.00 bits per heavy atom.